The zero-order chi connectivity index (χ0) is 17.4. The van der Waals surface area contributed by atoms with Crippen molar-refractivity contribution in [3.05, 3.63) is 6.92 Å². The minimum atomic E-state index is 0.257. The van der Waals surface area contributed by atoms with Gasteiger partial charge in [-0.15, -0.1) is 0 Å². The normalized spacial score (nSPS) is 39.9. The van der Waals surface area contributed by atoms with Gasteiger partial charge in [0.15, 0.2) is 0 Å². The van der Waals surface area contributed by atoms with Crippen LogP contribution >= 0.6 is 0 Å². The van der Waals surface area contributed by atoms with E-state index in [1.54, 1.807) is 0 Å². The molecule has 0 heteroatoms. The molecule has 0 N–H and O–H groups in total. The van der Waals surface area contributed by atoms with E-state index in [4.69, 9.17) is 6.92 Å². The summed E-state index contributed by atoms with van der Waals surface area (Å²) in [6, 6.07) is 0. The van der Waals surface area contributed by atoms with Crippen molar-refractivity contribution in [1.82, 2.24) is 0 Å². The van der Waals surface area contributed by atoms with Gasteiger partial charge >= 0.3 is 0 Å². The summed E-state index contributed by atoms with van der Waals surface area (Å²) >= 11 is 0. The van der Waals surface area contributed by atoms with E-state index >= 15 is 0 Å². The highest BCUT2D eigenvalue weighted by molar-refractivity contribution is 5.00. The summed E-state index contributed by atoms with van der Waals surface area (Å²) < 4.78 is 0. The predicted octanol–water partition coefficient (Wildman–Crippen LogP) is 7.24. The van der Waals surface area contributed by atoms with Crippen molar-refractivity contribution in [1.29, 1.82) is 0 Å². The average Bonchev–Trinajstić information content (AvgIpc) is 2.46. The van der Waals surface area contributed by atoms with Crippen molar-refractivity contribution in [2.75, 3.05) is 0 Å². The third-order valence-corrected chi connectivity index (χ3v) is 7.74. The van der Waals surface area contributed by atoms with E-state index < -0.39 is 0 Å². The van der Waals surface area contributed by atoms with E-state index in [1.165, 1.54) is 38.5 Å². The summed E-state index contributed by atoms with van der Waals surface area (Å²) in [5, 5.41) is 0. The van der Waals surface area contributed by atoms with Crippen LogP contribution in [0, 0.1) is 59.7 Å². The first-order chi connectivity index (χ1) is 10.6. The summed E-state index contributed by atoms with van der Waals surface area (Å²) in [4.78, 5) is 0. The second-order valence-electron chi connectivity index (χ2n) is 10.4. The molecule has 6 unspecified atom stereocenters. The maximum absolute atomic E-state index is 4.95. The molecule has 6 atom stereocenters. The van der Waals surface area contributed by atoms with Gasteiger partial charge in [0.25, 0.3) is 0 Å². The number of rotatable bonds is 4. The first-order valence-corrected chi connectivity index (χ1v) is 10.5. The van der Waals surface area contributed by atoms with Crippen LogP contribution in [0.3, 0.4) is 0 Å². The highest BCUT2D eigenvalue weighted by Crippen LogP contribution is 2.56. The van der Waals surface area contributed by atoms with Crippen molar-refractivity contribution in [3.63, 3.8) is 0 Å². The van der Waals surface area contributed by atoms with Crippen LogP contribution in [0.5, 0.6) is 0 Å². The molecule has 2 rings (SSSR count). The van der Waals surface area contributed by atoms with Gasteiger partial charge in [0.1, 0.15) is 0 Å². The fourth-order valence-corrected chi connectivity index (χ4v) is 6.20. The lowest BCUT2D eigenvalue weighted by Gasteiger charge is -2.54. The fraction of sp³-hybridized carbons (Fsp3) is 0.957. The third kappa shape index (κ3) is 4.16. The average molecular weight is 320 g/mol. The summed E-state index contributed by atoms with van der Waals surface area (Å²) in [7, 11) is 0. The lowest BCUT2D eigenvalue weighted by molar-refractivity contribution is -0.0333. The quantitative estimate of drug-likeness (QED) is 0.512. The first-order valence-electron chi connectivity index (χ1n) is 10.5. The molecule has 0 aromatic rings. The molecule has 2 fully saturated rings. The Hall–Kier alpha value is 0. The number of hydrogen-bond acceptors (Lipinski definition) is 0. The van der Waals surface area contributed by atoms with Crippen molar-refractivity contribution >= 4 is 0 Å². The van der Waals surface area contributed by atoms with Crippen LogP contribution in [-0.2, 0) is 0 Å². The molecule has 0 aliphatic heterocycles. The topological polar surface area (TPSA) is 0 Å². The van der Waals surface area contributed by atoms with Crippen molar-refractivity contribution in [2.45, 2.75) is 87.0 Å². The largest absolute Gasteiger partial charge is 0.0625 e. The highest BCUT2D eigenvalue weighted by Gasteiger charge is 2.48. The van der Waals surface area contributed by atoms with Gasteiger partial charge in [0.2, 0.25) is 0 Å². The Labute approximate surface area is 147 Å². The molecule has 0 aromatic heterocycles. The Kier molecular flexibility index (Phi) is 6.29. The maximum atomic E-state index is 4.95. The van der Waals surface area contributed by atoms with Gasteiger partial charge in [-0.05, 0) is 85.4 Å². The van der Waals surface area contributed by atoms with Gasteiger partial charge in [0.05, 0.1) is 0 Å². The minimum absolute atomic E-state index is 0.257. The predicted molar refractivity (Wildman–Crippen MR) is 103 cm³/mol. The summed E-state index contributed by atoms with van der Waals surface area (Å²) in [5.74, 6) is 6.84. The van der Waals surface area contributed by atoms with Crippen LogP contribution in [0.2, 0.25) is 0 Å². The molecule has 2 aliphatic rings. The summed E-state index contributed by atoms with van der Waals surface area (Å²) in [5.41, 5.74) is 0.257. The van der Waals surface area contributed by atoms with E-state index in [0.717, 1.165) is 47.3 Å². The molecule has 0 spiro atoms. The molecule has 135 valence electrons. The first kappa shape index (κ1) is 19.3. The Morgan fingerprint density at radius 2 is 1.09 bits per heavy atom. The zero-order valence-corrected chi connectivity index (χ0v) is 17.1. The molecule has 23 heavy (non-hydrogen) atoms. The van der Waals surface area contributed by atoms with E-state index in [-0.39, 0.29) is 5.41 Å². The summed E-state index contributed by atoms with van der Waals surface area (Å²) in [6.45, 7) is 22.3. The Morgan fingerprint density at radius 3 is 1.39 bits per heavy atom. The van der Waals surface area contributed by atoms with Gasteiger partial charge in [-0.2, -0.15) is 0 Å². The van der Waals surface area contributed by atoms with E-state index in [2.05, 4.69) is 48.5 Å². The smallest absolute Gasteiger partial charge is 0.0263 e. The van der Waals surface area contributed by atoms with Gasteiger partial charge < -0.3 is 0 Å². The summed E-state index contributed by atoms with van der Waals surface area (Å²) in [6.07, 6.45) is 8.57. The van der Waals surface area contributed by atoms with Gasteiger partial charge in [0, 0.05) is 0 Å². The molecule has 0 aromatic carbocycles. The SMILES string of the molecule is [CH2]C(C)(C1CC(C)CCC1C(C)C)C1CC(C)CCC1C(C)C. The Morgan fingerprint density at radius 1 is 0.739 bits per heavy atom. The number of hydrogen-bond donors (Lipinski definition) is 0. The van der Waals surface area contributed by atoms with Crippen molar-refractivity contribution in [2.24, 2.45) is 52.8 Å². The molecule has 2 saturated carbocycles. The van der Waals surface area contributed by atoms with Gasteiger partial charge in [-0.25, -0.2) is 0 Å². The van der Waals surface area contributed by atoms with Crippen LogP contribution in [0.4, 0.5) is 0 Å². The molecule has 2 aliphatic carbocycles. The van der Waals surface area contributed by atoms with Crippen LogP contribution in [0.1, 0.15) is 87.0 Å². The van der Waals surface area contributed by atoms with Crippen LogP contribution in [0.25, 0.3) is 0 Å². The van der Waals surface area contributed by atoms with E-state index in [1.807, 2.05) is 0 Å². The van der Waals surface area contributed by atoms with E-state index in [0.29, 0.717) is 0 Å². The van der Waals surface area contributed by atoms with Crippen molar-refractivity contribution in [3.8, 4) is 0 Å². The van der Waals surface area contributed by atoms with Crippen LogP contribution in [0.15, 0.2) is 0 Å². The molecule has 0 nitrogen and oxygen atoms in total. The second-order valence-corrected chi connectivity index (χ2v) is 10.4. The maximum Gasteiger partial charge on any atom is -0.0263 e. The molecular weight excluding hydrogens is 276 g/mol. The molecule has 0 heterocycles. The Bertz CT molecular complexity index is 330. The zero-order valence-electron chi connectivity index (χ0n) is 17.1. The minimum Gasteiger partial charge on any atom is -0.0625 e. The monoisotopic (exact) mass is 319 g/mol. The molecule has 0 bridgehead atoms. The van der Waals surface area contributed by atoms with Crippen LogP contribution in [-0.4, -0.2) is 0 Å². The standard InChI is InChI=1S/C23H43/c1-15(2)19-11-9-17(5)13-21(19)23(7,8)22-14-18(6)10-12-20(22)16(3)4/h15-22H,7,9-14H2,1-6,8H3. The molecule has 0 saturated heterocycles. The second kappa shape index (κ2) is 7.49. The highest BCUT2D eigenvalue weighted by atomic mass is 14.5. The van der Waals surface area contributed by atoms with Crippen LogP contribution < -0.4 is 0 Å². The molecule has 0 amide bonds. The van der Waals surface area contributed by atoms with Crippen molar-refractivity contribution < 1.29 is 0 Å². The third-order valence-electron chi connectivity index (χ3n) is 7.74. The molecular formula is C23H43. The van der Waals surface area contributed by atoms with E-state index in [9.17, 15) is 0 Å². The van der Waals surface area contributed by atoms with Gasteiger partial charge in [-0.1, -0.05) is 61.3 Å². The van der Waals surface area contributed by atoms with Gasteiger partial charge in [-0.3, -0.25) is 0 Å². The fourth-order valence-electron chi connectivity index (χ4n) is 6.20. The lowest BCUT2D eigenvalue weighted by atomic mass is 9.51. The lowest BCUT2D eigenvalue weighted by Crippen LogP contribution is -2.47. The Balaban J connectivity index is 2.28. The molecule has 1 radical (unpaired) electrons.